The maximum absolute atomic E-state index is 12.6. The molecule has 0 atom stereocenters. The number of hydrogen-bond acceptors (Lipinski definition) is 7. The molecular weight excluding hydrogens is 468 g/mol. The SMILES string of the molecule is Cc1ccc(NS(=O)(=O)c2cccs2)cc1Nc1nccc(-c2ccc(-n3ccnc3)cc2)n1. The van der Waals surface area contributed by atoms with E-state index in [-0.39, 0.29) is 4.21 Å². The highest BCUT2D eigenvalue weighted by Gasteiger charge is 2.16. The Hall–Kier alpha value is -4.02. The quantitative estimate of drug-likeness (QED) is 0.325. The number of anilines is 3. The van der Waals surface area contributed by atoms with E-state index in [2.05, 4.69) is 25.0 Å². The Kier molecular flexibility index (Phi) is 5.83. The van der Waals surface area contributed by atoms with Gasteiger partial charge in [-0.15, -0.1) is 11.3 Å². The molecule has 10 heteroatoms. The number of rotatable bonds is 7. The summed E-state index contributed by atoms with van der Waals surface area (Å²) in [6.07, 6.45) is 7.06. The number of benzene rings is 2. The summed E-state index contributed by atoms with van der Waals surface area (Å²) >= 11 is 1.17. The molecule has 2 aromatic carbocycles. The minimum atomic E-state index is -3.63. The van der Waals surface area contributed by atoms with Crippen LogP contribution in [0, 0.1) is 6.92 Å². The van der Waals surface area contributed by atoms with Gasteiger partial charge in [-0.3, -0.25) is 4.72 Å². The largest absolute Gasteiger partial charge is 0.324 e. The van der Waals surface area contributed by atoms with Crippen LogP contribution in [0.15, 0.2) is 95.2 Å². The molecular formula is C24H20N6O2S2. The van der Waals surface area contributed by atoms with Crippen LogP contribution in [0.3, 0.4) is 0 Å². The number of nitrogens with zero attached hydrogens (tertiary/aromatic N) is 4. The highest BCUT2D eigenvalue weighted by Crippen LogP contribution is 2.27. The summed E-state index contributed by atoms with van der Waals surface area (Å²) in [6.45, 7) is 1.93. The summed E-state index contributed by atoms with van der Waals surface area (Å²) < 4.78 is 29.9. The second kappa shape index (κ2) is 9.08. The first-order chi connectivity index (χ1) is 16.5. The van der Waals surface area contributed by atoms with Crippen LogP contribution in [0.4, 0.5) is 17.3 Å². The van der Waals surface area contributed by atoms with Crippen LogP contribution in [-0.2, 0) is 10.0 Å². The summed E-state index contributed by atoms with van der Waals surface area (Å²) in [6, 6.07) is 18.4. The molecule has 0 radical (unpaired) electrons. The molecule has 0 unspecified atom stereocenters. The average molecular weight is 489 g/mol. The van der Waals surface area contributed by atoms with Gasteiger partial charge in [0.15, 0.2) is 0 Å². The average Bonchev–Trinajstić information content (AvgIpc) is 3.57. The summed E-state index contributed by atoms with van der Waals surface area (Å²) in [7, 11) is -3.63. The zero-order chi connectivity index (χ0) is 23.5. The van der Waals surface area contributed by atoms with E-state index >= 15 is 0 Å². The van der Waals surface area contributed by atoms with Crippen molar-refractivity contribution in [1.29, 1.82) is 0 Å². The molecule has 0 aliphatic heterocycles. The molecule has 5 rings (SSSR count). The fourth-order valence-electron chi connectivity index (χ4n) is 3.36. The molecule has 0 saturated carbocycles. The van der Waals surface area contributed by atoms with E-state index < -0.39 is 10.0 Å². The minimum absolute atomic E-state index is 0.262. The Balaban J connectivity index is 1.37. The Morgan fingerprint density at radius 2 is 1.85 bits per heavy atom. The smallest absolute Gasteiger partial charge is 0.271 e. The maximum atomic E-state index is 12.6. The lowest BCUT2D eigenvalue weighted by Gasteiger charge is -2.12. The number of nitrogens with one attached hydrogen (secondary N) is 2. The van der Waals surface area contributed by atoms with Gasteiger partial charge >= 0.3 is 0 Å². The summed E-state index contributed by atoms with van der Waals surface area (Å²) in [5.41, 5.74) is 4.81. The molecule has 34 heavy (non-hydrogen) atoms. The lowest BCUT2D eigenvalue weighted by Crippen LogP contribution is -2.11. The van der Waals surface area contributed by atoms with Gasteiger partial charge < -0.3 is 9.88 Å². The van der Waals surface area contributed by atoms with Crippen molar-refractivity contribution in [1.82, 2.24) is 19.5 Å². The van der Waals surface area contributed by atoms with Crippen molar-refractivity contribution in [3.05, 3.63) is 96.5 Å². The zero-order valence-electron chi connectivity index (χ0n) is 18.1. The normalized spacial score (nSPS) is 11.3. The van der Waals surface area contributed by atoms with Crippen molar-refractivity contribution in [3.63, 3.8) is 0 Å². The molecule has 0 bridgehead atoms. The molecule has 0 aliphatic rings. The molecule has 2 N–H and O–H groups in total. The van der Waals surface area contributed by atoms with E-state index in [4.69, 9.17) is 0 Å². The molecule has 0 aliphatic carbocycles. The van der Waals surface area contributed by atoms with Gasteiger partial charge in [-0.05, 0) is 54.3 Å². The molecule has 0 amide bonds. The van der Waals surface area contributed by atoms with Crippen LogP contribution >= 0.6 is 11.3 Å². The van der Waals surface area contributed by atoms with E-state index in [1.54, 1.807) is 48.4 Å². The van der Waals surface area contributed by atoms with Gasteiger partial charge in [-0.25, -0.2) is 23.4 Å². The molecule has 0 fully saturated rings. The first-order valence-corrected chi connectivity index (χ1v) is 12.7. The lowest BCUT2D eigenvalue weighted by atomic mass is 10.1. The second-order valence-electron chi connectivity index (χ2n) is 7.47. The topological polar surface area (TPSA) is 102 Å². The third-order valence-electron chi connectivity index (χ3n) is 5.12. The van der Waals surface area contributed by atoms with Gasteiger partial charge in [0.1, 0.15) is 4.21 Å². The van der Waals surface area contributed by atoms with Crippen molar-refractivity contribution in [2.75, 3.05) is 10.0 Å². The molecule has 0 saturated heterocycles. The van der Waals surface area contributed by atoms with E-state index in [1.807, 2.05) is 54.1 Å². The fraction of sp³-hybridized carbons (Fsp3) is 0.0417. The van der Waals surface area contributed by atoms with Crippen LogP contribution in [0.2, 0.25) is 0 Å². The van der Waals surface area contributed by atoms with Crippen molar-refractivity contribution >= 4 is 38.7 Å². The number of hydrogen-bond donors (Lipinski definition) is 2. The molecule has 3 aromatic heterocycles. The first-order valence-electron chi connectivity index (χ1n) is 10.3. The maximum Gasteiger partial charge on any atom is 0.271 e. The van der Waals surface area contributed by atoms with Gasteiger partial charge in [0.05, 0.1) is 17.7 Å². The molecule has 3 heterocycles. The standard InChI is InChI=1S/C24H20N6O2S2/c1-17-4-7-19(29-34(31,32)23-3-2-14-33-23)15-22(17)28-24-26-11-10-21(27-24)18-5-8-20(9-6-18)30-13-12-25-16-30/h2-16,29H,1H3,(H,26,27,28). The highest BCUT2D eigenvalue weighted by molar-refractivity contribution is 7.94. The monoisotopic (exact) mass is 488 g/mol. The van der Waals surface area contributed by atoms with Gasteiger partial charge in [0.25, 0.3) is 10.0 Å². The third kappa shape index (κ3) is 4.68. The molecule has 170 valence electrons. The predicted octanol–water partition coefficient (Wildman–Crippen LogP) is 5.24. The summed E-state index contributed by atoms with van der Waals surface area (Å²) in [5, 5.41) is 4.94. The Morgan fingerprint density at radius 3 is 2.59 bits per heavy atom. The van der Waals surface area contributed by atoms with E-state index in [0.717, 1.165) is 22.5 Å². The number of aryl methyl sites for hydroxylation is 1. The van der Waals surface area contributed by atoms with Crippen molar-refractivity contribution < 1.29 is 8.42 Å². The summed E-state index contributed by atoms with van der Waals surface area (Å²) in [4.78, 5) is 13.0. The predicted molar refractivity (Wildman–Crippen MR) is 134 cm³/mol. The molecule has 5 aromatic rings. The van der Waals surface area contributed by atoms with Crippen molar-refractivity contribution in [2.45, 2.75) is 11.1 Å². The number of thiophene rings is 1. The zero-order valence-corrected chi connectivity index (χ0v) is 19.7. The van der Waals surface area contributed by atoms with Crippen LogP contribution in [-0.4, -0.2) is 27.9 Å². The van der Waals surface area contributed by atoms with E-state index in [1.165, 1.54) is 11.3 Å². The third-order valence-corrected chi connectivity index (χ3v) is 7.90. The van der Waals surface area contributed by atoms with Gasteiger partial charge in [0, 0.05) is 35.5 Å². The van der Waals surface area contributed by atoms with E-state index in [9.17, 15) is 8.42 Å². The Morgan fingerprint density at radius 1 is 1.00 bits per heavy atom. The second-order valence-corrected chi connectivity index (χ2v) is 10.3. The number of imidazole rings is 1. The number of aromatic nitrogens is 4. The van der Waals surface area contributed by atoms with Crippen molar-refractivity contribution in [3.8, 4) is 16.9 Å². The Bertz CT molecular complexity index is 1510. The van der Waals surface area contributed by atoms with Crippen LogP contribution in [0.1, 0.15) is 5.56 Å². The lowest BCUT2D eigenvalue weighted by molar-refractivity contribution is 0.603. The molecule has 0 spiro atoms. The van der Waals surface area contributed by atoms with E-state index in [0.29, 0.717) is 17.3 Å². The summed E-state index contributed by atoms with van der Waals surface area (Å²) in [5.74, 6) is 0.414. The fourth-order valence-corrected chi connectivity index (χ4v) is 5.40. The van der Waals surface area contributed by atoms with Crippen LogP contribution in [0.25, 0.3) is 16.9 Å². The molecule has 8 nitrogen and oxygen atoms in total. The van der Waals surface area contributed by atoms with Crippen molar-refractivity contribution in [2.24, 2.45) is 0 Å². The first kappa shape index (κ1) is 21.8. The van der Waals surface area contributed by atoms with Gasteiger partial charge in [-0.1, -0.05) is 24.3 Å². The van der Waals surface area contributed by atoms with Crippen LogP contribution in [0.5, 0.6) is 0 Å². The van der Waals surface area contributed by atoms with Gasteiger partial charge in [-0.2, -0.15) is 0 Å². The highest BCUT2D eigenvalue weighted by atomic mass is 32.2. The number of sulfonamides is 1. The minimum Gasteiger partial charge on any atom is -0.324 e. The van der Waals surface area contributed by atoms with Crippen LogP contribution < -0.4 is 10.0 Å². The Labute approximate surface area is 201 Å². The van der Waals surface area contributed by atoms with Gasteiger partial charge in [0.2, 0.25) is 5.95 Å².